The molecule has 0 atom stereocenters. The van der Waals surface area contributed by atoms with Crippen LogP contribution in [-0.4, -0.2) is 39.2 Å². The van der Waals surface area contributed by atoms with Gasteiger partial charge in [-0.25, -0.2) is 18.9 Å². The number of nitrogens with zero attached hydrogens (tertiary/aromatic N) is 2. The van der Waals surface area contributed by atoms with Gasteiger partial charge in [0.25, 0.3) is 5.91 Å². The van der Waals surface area contributed by atoms with Gasteiger partial charge in [0.2, 0.25) is 10.0 Å². The molecule has 13 heteroatoms. The van der Waals surface area contributed by atoms with Crippen LogP contribution < -0.4 is 31.9 Å². The smallest absolute Gasteiger partial charge is 0.278 e. The maximum absolute atomic E-state index is 12.6. The summed E-state index contributed by atoms with van der Waals surface area (Å²) in [6, 6.07) is 6.21. The first kappa shape index (κ1) is 25.8. The Bertz CT molecular complexity index is 1170. The average molecular weight is 496 g/mol. The van der Waals surface area contributed by atoms with Crippen molar-refractivity contribution in [2.24, 2.45) is 11.5 Å². The second kappa shape index (κ2) is 11.4. The zero-order valence-electron chi connectivity index (χ0n) is 18.3. The Hall–Kier alpha value is -3.48. The third-order valence-corrected chi connectivity index (χ3v) is 5.61. The number of hydrogen-bond acceptors (Lipinski definition) is 9. The maximum Gasteiger partial charge on any atom is 0.278 e. The lowest BCUT2D eigenvalue weighted by Gasteiger charge is -2.22. The van der Waals surface area contributed by atoms with E-state index >= 15 is 0 Å². The molecule has 0 aliphatic heterocycles. The number of benzene rings is 1. The van der Waals surface area contributed by atoms with E-state index in [9.17, 15) is 13.2 Å². The number of halogens is 1. The lowest BCUT2D eigenvalue weighted by Crippen LogP contribution is -2.26. The van der Waals surface area contributed by atoms with Gasteiger partial charge in [-0.2, -0.15) is 0 Å². The molecule has 0 radical (unpaired) electrons. The molecule has 11 nitrogen and oxygen atoms in total. The summed E-state index contributed by atoms with van der Waals surface area (Å²) in [7, 11) is -2.20. The summed E-state index contributed by atoms with van der Waals surface area (Å²) in [5.41, 5.74) is 14.6. The number of anilines is 4. The van der Waals surface area contributed by atoms with E-state index in [1.807, 2.05) is 0 Å². The molecule has 0 saturated carbocycles. The van der Waals surface area contributed by atoms with Crippen LogP contribution in [0.4, 0.5) is 22.9 Å². The highest BCUT2D eigenvalue weighted by Crippen LogP contribution is 2.34. The van der Waals surface area contributed by atoms with Crippen molar-refractivity contribution in [3.63, 3.8) is 0 Å². The largest absolute Gasteiger partial charge is 0.405 e. The van der Waals surface area contributed by atoms with E-state index in [2.05, 4.69) is 21.1 Å². The van der Waals surface area contributed by atoms with Crippen molar-refractivity contribution in [2.45, 2.75) is 6.92 Å². The molecule has 7 N–H and O–H groups in total. The number of amides is 1. The van der Waals surface area contributed by atoms with E-state index in [0.717, 1.165) is 10.6 Å². The molecular weight excluding hydrogens is 470 g/mol. The molecule has 178 valence electrons. The first-order valence-electron chi connectivity index (χ1n) is 9.60. The zero-order valence-corrected chi connectivity index (χ0v) is 19.9. The second-order valence-electron chi connectivity index (χ2n) is 6.63. The first-order valence-corrected chi connectivity index (χ1v) is 11.8. The van der Waals surface area contributed by atoms with Gasteiger partial charge in [0.05, 0.1) is 35.5 Å². The average Bonchev–Trinajstić information content (AvgIpc) is 2.76. The summed E-state index contributed by atoms with van der Waals surface area (Å²) < 4.78 is 25.3. The fourth-order valence-corrected chi connectivity index (χ4v) is 3.22. The van der Waals surface area contributed by atoms with Crippen LogP contribution >= 0.6 is 11.6 Å². The molecule has 1 aromatic carbocycles. The Labute approximate surface area is 197 Å². The summed E-state index contributed by atoms with van der Waals surface area (Å²) in [5, 5.41) is 6.29. The van der Waals surface area contributed by atoms with Crippen molar-refractivity contribution >= 4 is 50.4 Å². The number of carbonyl (C=O) groups is 1. The van der Waals surface area contributed by atoms with Crippen molar-refractivity contribution in [1.29, 1.82) is 0 Å². The highest BCUT2D eigenvalue weighted by molar-refractivity contribution is 7.92. The van der Waals surface area contributed by atoms with Crippen LogP contribution in [0.1, 0.15) is 17.3 Å². The Balaban J connectivity index is 2.54. The lowest BCUT2D eigenvalue weighted by atomic mass is 10.2. The van der Waals surface area contributed by atoms with Crippen LogP contribution in [0.25, 0.3) is 0 Å². The van der Waals surface area contributed by atoms with Gasteiger partial charge in [0.15, 0.2) is 0 Å². The Kier molecular flexibility index (Phi) is 8.91. The minimum atomic E-state index is -3.59. The van der Waals surface area contributed by atoms with Crippen LogP contribution in [0.15, 0.2) is 54.6 Å². The van der Waals surface area contributed by atoms with Crippen molar-refractivity contribution in [3.8, 4) is 0 Å². The molecular formula is C20H26ClN7O4S. The molecule has 1 amide bonds. The SMILES string of the molecule is CCONC(=O)c1cnc(N/C(N)=C/C=C\N)cc1Nc1ccc(Cl)cc1N(C)S(C)(=O)=O. The molecule has 2 rings (SSSR count). The third kappa shape index (κ3) is 7.27. The van der Waals surface area contributed by atoms with Crippen molar-refractivity contribution in [3.05, 3.63) is 65.2 Å². The van der Waals surface area contributed by atoms with Crippen LogP contribution in [-0.2, 0) is 14.9 Å². The summed E-state index contributed by atoms with van der Waals surface area (Å²) >= 11 is 6.09. The van der Waals surface area contributed by atoms with E-state index in [1.165, 1.54) is 43.7 Å². The normalized spacial score (nSPS) is 11.9. The minimum Gasteiger partial charge on any atom is -0.405 e. The summed E-state index contributed by atoms with van der Waals surface area (Å²) in [6.45, 7) is 1.98. The highest BCUT2D eigenvalue weighted by Gasteiger charge is 2.19. The van der Waals surface area contributed by atoms with Crippen LogP contribution in [0.2, 0.25) is 5.02 Å². The van der Waals surface area contributed by atoms with Crippen molar-refractivity contribution < 1.29 is 18.0 Å². The molecule has 0 fully saturated rings. The van der Waals surface area contributed by atoms with E-state index in [0.29, 0.717) is 22.2 Å². The molecule has 33 heavy (non-hydrogen) atoms. The predicted molar refractivity (Wildman–Crippen MR) is 131 cm³/mol. The first-order chi connectivity index (χ1) is 15.6. The number of sulfonamides is 1. The number of allylic oxidation sites excluding steroid dienone is 2. The molecule has 1 heterocycles. The standard InChI is InChI=1S/C20H26ClN7O4S/c1-4-32-27-20(29)14-12-24-19(26-18(23)6-5-9-22)11-16(14)25-15-8-7-13(21)10-17(15)28(2)33(3,30)31/h5-12H,4,22-23H2,1-3H3,(H,27,29)(H2,24,25,26)/b9-5-,18-6+. The van der Waals surface area contributed by atoms with E-state index in [1.54, 1.807) is 19.1 Å². The molecule has 1 aromatic heterocycles. The predicted octanol–water partition coefficient (Wildman–Crippen LogP) is 2.24. The molecule has 0 bridgehead atoms. The number of aromatic nitrogens is 1. The van der Waals surface area contributed by atoms with Crippen molar-refractivity contribution in [2.75, 3.05) is 34.8 Å². The zero-order chi connectivity index (χ0) is 24.6. The van der Waals surface area contributed by atoms with Crippen molar-refractivity contribution in [1.82, 2.24) is 10.5 Å². The fourth-order valence-electron chi connectivity index (χ4n) is 2.54. The number of hydroxylamine groups is 1. The number of carbonyl (C=O) groups excluding carboxylic acids is 1. The number of nitrogens with one attached hydrogen (secondary N) is 3. The molecule has 2 aromatic rings. The van der Waals surface area contributed by atoms with Gasteiger partial charge in [-0.3, -0.25) is 13.9 Å². The monoisotopic (exact) mass is 495 g/mol. The quantitative estimate of drug-likeness (QED) is 0.245. The van der Waals surface area contributed by atoms with Gasteiger partial charge in [-0.05, 0) is 43.5 Å². The minimum absolute atomic E-state index is 0.140. The molecule has 0 spiro atoms. The Morgan fingerprint density at radius 3 is 2.67 bits per heavy atom. The van der Waals surface area contributed by atoms with Gasteiger partial charge >= 0.3 is 0 Å². The Morgan fingerprint density at radius 2 is 2.03 bits per heavy atom. The van der Waals surface area contributed by atoms with Gasteiger partial charge in [0, 0.05) is 24.3 Å². The van der Waals surface area contributed by atoms with Crippen LogP contribution in [0, 0.1) is 0 Å². The fraction of sp³-hybridized carbons (Fsp3) is 0.200. The van der Waals surface area contributed by atoms with Gasteiger partial charge in [-0.1, -0.05) is 11.6 Å². The molecule has 0 aliphatic carbocycles. The molecule has 0 aliphatic rings. The number of nitrogens with two attached hydrogens (primary N) is 2. The lowest BCUT2D eigenvalue weighted by molar-refractivity contribution is 0.0365. The summed E-state index contributed by atoms with van der Waals surface area (Å²) in [5.74, 6) is 0.0160. The number of hydrogen-bond donors (Lipinski definition) is 5. The van der Waals surface area contributed by atoms with Gasteiger partial charge < -0.3 is 22.1 Å². The molecule has 0 saturated heterocycles. The number of pyridine rings is 1. The van der Waals surface area contributed by atoms with Gasteiger partial charge in [-0.15, -0.1) is 0 Å². The number of rotatable bonds is 10. The van der Waals surface area contributed by atoms with E-state index < -0.39 is 15.9 Å². The summed E-state index contributed by atoms with van der Waals surface area (Å²) in [6.07, 6.45) is 6.77. The van der Waals surface area contributed by atoms with Crippen LogP contribution in [0.3, 0.4) is 0 Å². The Morgan fingerprint density at radius 1 is 1.30 bits per heavy atom. The summed E-state index contributed by atoms with van der Waals surface area (Å²) in [4.78, 5) is 21.8. The van der Waals surface area contributed by atoms with E-state index in [-0.39, 0.29) is 23.7 Å². The second-order valence-corrected chi connectivity index (χ2v) is 9.08. The topological polar surface area (TPSA) is 165 Å². The maximum atomic E-state index is 12.6. The van der Waals surface area contributed by atoms with Gasteiger partial charge in [0.1, 0.15) is 11.6 Å². The van der Waals surface area contributed by atoms with Crippen LogP contribution in [0.5, 0.6) is 0 Å². The van der Waals surface area contributed by atoms with E-state index in [4.69, 9.17) is 27.9 Å². The highest BCUT2D eigenvalue weighted by atomic mass is 35.5. The molecule has 0 unspecified atom stereocenters. The third-order valence-electron chi connectivity index (χ3n) is 4.18.